The van der Waals surface area contributed by atoms with Gasteiger partial charge in [0.25, 0.3) is 5.91 Å². The number of carbonyl (C=O) groups excluding carboxylic acids is 2. The third-order valence-corrected chi connectivity index (χ3v) is 5.67. The van der Waals surface area contributed by atoms with E-state index in [1.54, 1.807) is 12.0 Å². The van der Waals surface area contributed by atoms with E-state index in [-0.39, 0.29) is 23.7 Å². The van der Waals surface area contributed by atoms with Crippen molar-refractivity contribution in [3.05, 3.63) is 72.1 Å². The molecule has 0 aliphatic carbocycles. The molecule has 2 bridgehead atoms. The van der Waals surface area contributed by atoms with Crippen molar-refractivity contribution in [3.63, 3.8) is 0 Å². The zero-order valence-corrected chi connectivity index (χ0v) is 16.9. The summed E-state index contributed by atoms with van der Waals surface area (Å²) in [5.41, 5.74) is 1.62. The summed E-state index contributed by atoms with van der Waals surface area (Å²) in [6.07, 6.45) is 1.56. The lowest BCUT2D eigenvalue weighted by atomic mass is 10.1. The number of nitrogens with zero attached hydrogens (tertiary/aromatic N) is 3. The number of likely N-dealkylation sites (tertiary alicyclic amines) is 1. The number of hydrogen-bond acceptors (Lipinski definition) is 6. The normalized spacial score (nSPS) is 20.0. The molecular weight excluding hydrogens is 398 g/mol. The van der Waals surface area contributed by atoms with Gasteiger partial charge in [0.2, 0.25) is 11.7 Å². The second-order valence-electron chi connectivity index (χ2n) is 7.57. The van der Waals surface area contributed by atoms with E-state index in [1.165, 1.54) is 17.2 Å². The van der Waals surface area contributed by atoms with Crippen LogP contribution in [0, 0.1) is 0 Å². The molecule has 2 amide bonds. The predicted molar refractivity (Wildman–Crippen MR) is 111 cm³/mol. The van der Waals surface area contributed by atoms with Gasteiger partial charge >= 0.3 is 0 Å². The number of carbonyl (C=O) groups is 2. The molecule has 2 aromatic carbocycles. The molecule has 1 aromatic heterocycles. The number of methoxy groups -OCH3 is 1. The van der Waals surface area contributed by atoms with Gasteiger partial charge in [0, 0.05) is 12.5 Å². The number of hydrogen-bond donors (Lipinski definition) is 0. The third kappa shape index (κ3) is 3.50. The summed E-state index contributed by atoms with van der Waals surface area (Å²) >= 11 is 0. The van der Waals surface area contributed by atoms with E-state index in [9.17, 15) is 9.59 Å². The highest BCUT2D eigenvalue weighted by Crippen LogP contribution is 2.37. The molecule has 8 heteroatoms. The van der Waals surface area contributed by atoms with E-state index in [0.29, 0.717) is 30.9 Å². The molecule has 3 heterocycles. The van der Waals surface area contributed by atoms with Crippen LogP contribution < -0.4 is 14.4 Å². The Bertz CT molecular complexity index is 1100. The number of amides is 2. The van der Waals surface area contributed by atoms with Crippen LogP contribution in [0.4, 0.5) is 5.69 Å². The Morgan fingerprint density at radius 2 is 1.97 bits per heavy atom. The lowest BCUT2D eigenvalue weighted by Crippen LogP contribution is -2.47. The van der Waals surface area contributed by atoms with Crippen LogP contribution in [0.5, 0.6) is 11.5 Å². The maximum absolute atomic E-state index is 13.7. The molecule has 5 rings (SSSR count). The molecule has 0 saturated carbocycles. The van der Waals surface area contributed by atoms with E-state index >= 15 is 0 Å². The summed E-state index contributed by atoms with van der Waals surface area (Å²) < 4.78 is 16.5. The van der Waals surface area contributed by atoms with Gasteiger partial charge in [0.05, 0.1) is 32.1 Å². The molecule has 1 fully saturated rings. The minimum absolute atomic E-state index is 0.108. The monoisotopic (exact) mass is 419 g/mol. The van der Waals surface area contributed by atoms with Gasteiger partial charge in [-0.15, -0.1) is 0 Å². The van der Waals surface area contributed by atoms with E-state index in [4.69, 9.17) is 14.0 Å². The summed E-state index contributed by atoms with van der Waals surface area (Å²) in [6, 6.07) is 15.9. The Hall–Kier alpha value is -3.81. The average Bonchev–Trinajstić information content (AvgIpc) is 3.48. The van der Waals surface area contributed by atoms with Crippen molar-refractivity contribution in [2.24, 2.45) is 0 Å². The zero-order valence-electron chi connectivity index (χ0n) is 16.9. The Morgan fingerprint density at radius 3 is 2.71 bits per heavy atom. The van der Waals surface area contributed by atoms with Crippen LogP contribution in [-0.2, 0) is 11.3 Å². The van der Waals surface area contributed by atoms with Crippen molar-refractivity contribution in [1.82, 2.24) is 10.1 Å². The third-order valence-electron chi connectivity index (χ3n) is 5.67. The topological polar surface area (TPSA) is 85.1 Å². The Labute approximate surface area is 178 Å². The number of anilines is 1. The summed E-state index contributed by atoms with van der Waals surface area (Å²) in [6.45, 7) is 0.648. The van der Waals surface area contributed by atoms with Crippen LogP contribution in [0.3, 0.4) is 0 Å². The van der Waals surface area contributed by atoms with E-state index < -0.39 is 6.04 Å². The lowest BCUT2D eigenvalue weighted by molar-refractivity contribution is -0.122. The number of ether oxygens (including phenoxy) is 2. The standard InChI is InChI=1S/C23H21N3O5/c1-29-16-8-6-15(7-9-16)13-25-18-4-2-3-5-20(18)30-17-12-19(22(25)27)26(14-17)23(28)21-10-11-24-31-21/h2-11,17,19H,12-14H2,1H3/t17-,19-/m0/s1. The van der Waals surface area contributed by atoms with Crippen molar-refractivity contribution in [3.8, 4) is 11.5 Å². The first-order chi connectivity index (χ1) is 15.1. The van der Waals surface area contributed by atoms with Crippen LogP contribution in [-0.4, -0.2) is 47.7 Å². The highest BCUT2D eigenvalue weighted by atomic mass is 16.5. The maximum atomic E-state index is 13.7. The van der Waals surface area contributed by atoms with Gasteiger partial charge in [0.1, 0.15) is 23.6 Å². The van der Waals surface area contributed by atoms with Crippen molar-refractivity contribution >= 4 is 17.5 Å². The van der Waals surface area contributed by atoms with Crippen LogP contribution >= 0.6 is 0 Å². The molecule has 0 spiro atoms. The lowest BCUT2D eigenvalue weighted by Gasteiger charge is -2.31. The summed E-state index contributed by atoms with van der Waals surface area (Å²) in [5, 5.41) is 3.61. The van der Waals surface area contributed by atoms with Crippen LogP contribution in [0.1, 0.15) is 22.5 Å². The minimum Gasteiger partial charge on any atom is -0.497 e. The Kier molecular flexibility index (Phi) is 4.82. The molecule has 2 atom stereocenters. The molecular formula is C23H21N3O5. The van der Waals surface area contributed by atoms with Gasteiger partial charge in [-0.1, -0.05) is 29.4 Å². The van der Waals surface area contributed by atoms with Crippen molar-refractivity contribution < 1.29 is 23.6 Å². The fraction of sp³-hybridized carbons (Fsp3) is 0.261. The quantitative estimate of drug-likeness (QED) is 0.647. The first-order valence-corrected chi connectivity index (χ1v) is 10.1. The van der Waals surface area contributed by atoms with Gasteiger partial charge in [-0.3, -0.25) is 9.59 Å². The van der Waals surface area contributed by atoms with Crippen LogP contribution in [0.15, 0.2) is 65.3 Å². The Balaban J connectivity index is 1.51. The fourth-order valence-corrected chi connectivity index (χ4v) is 4.14. The SMILES string of the molecule is COc1ccc(CN2C(=O)[C@@H]3C[C@@H](CN3C(=O)c3ccno3)Oc3ccccc32)cc1. The maximum Gasteiger partial charge on any atom is 0.293 e. The van der Waals surface area contributed by atoms with Gasteiger partial charge in [-0.2, -0.15) is 0 Å². The molecule has 2 aliphatic rings. The molecule has 3 aromatic rings. The second-order valence-corrected chi connectivity index (χ2v) is 7.57. The van der Waals surface area contributed by atoms with Gasteiger partial charge in [-0.05, 0) is 29.8 Å². The highest BCUT2D eigenvalue weighted by molar-refractivity contribution is 6.03. The van der Waals surface area contributed by atoms with Crippen LogP contribution in [0.2, 0.25) is 0 Å². The van der Waals surface area contributed by atoms with Crippen LogP contribution in [0.25, 0.3) is 0 Å². The summed E-state index contributed by atoms with van der Waals surface area (Å²) in [4.78, 5) is 29.9. The Morgan fingerprint density at radius 1 is 1.16 bits per heavy atom. The first-order valence-electron chi connectivity index (χ1n) is 10.1. The largest absolute Gasteiger partial charge is 0.497 e. The minimum atomic E-state index is -0.644. The number of benzene rings is 2. The average molecular weight is 419 g/mol. The van der Waals surface area contributed by atoms with E-state index in [2.05, 4.69) is 5.16 Å². The van der Waals surface area contributed by atoms with E-state index in [1.807, 2.05) is 48.5 Å². The highest BCUT2D eigenvalue weighted by Gasteiger charge is 2.45. The van der Waals surface area contributed by atoms with Crippen molar-refractivity contribution in [2.75, 3.05) is 18.6 Å². The summed E-state index contributed by atoms with van der Waals surface area (Å²) in [7, 11) is 1.61. The summed E-state index contributed by atoms with van der Waals surface area (Å²) in [5.74, 6) is 0.965. The van der Waals surface area contributed by atoms with Gasteiger partial charge in [0.15, 0.2) is 0 Å². The number of rotatable bonds is 4. The molecule has 158 valence electrons. The zero-order chi connectivity index (χ0) is 21.4. The number of para-hydroxylation sites is 2. The molecule has 31 heavy (non-hydrogen) atoms. The number of aromatic nitrogens is 1. The molecule has 0 radical (unpaired) electrons. The molecule has 8 nitrogen and oxygen atoms in total. The molecule has 1 saturated heterocycles. The predicted octanol–water partition coefficient (Wildman–Crippen LogP) is 2.89. The van der Waals surface area contributed by atoms with Gasteiger partial charge in [-0.25, -0.2) is 0 Å². The molecule has 0 N–H and O–H groups in total. The smallest absolute Gasteiger partial charge is 0.293 e. The molecule has 0 unspecified atom stereocenters. The second kappa shape index (κ2) is 7.79. The van der Waals surface area contributed by atoms with Gasteiger partial charge < -0.3 is 23.8 Å². The van der Waals surface area contributed by atoms with Crippen molar-refractivity contribution in [1.29, 1.82) is 0 Å². The first kappa shape index (κ1) is 19.2. The number of fused-ring (bicyclic) bond motifs is 3. The fourth-order valence-electron chi connectivity index (χ4n) is 4.14. The molecule has 2 aliphatic heterocycles. The van der Waals surface area contributed by atoms with E-state index in [0.717, 1.165) is 11.3 Å². The van der Waals surface area contributed by atoms with Crippen molar-refractivity contribution in [2.45, 2.75) is 25.1 Å².